The van der Waals surface area contributed by atoms with Crippen molar-refractivity contribution in [1.29, 1.82) is 0 Å². The lowest BCUT2D eigenvalue weighted by molar-refractivity contribution is -0.143. The lowest BCUT2D eigenvalue weighted by Gasteiger charge is -2.40. The molecule has 3 atom stereocenters. The summed E-state index contributed by atoms with van der Waals surface area (Å²) in [7, 11) is 2.09. The van der Waals surface area contributed by atoms with Crippen LogP contribution in [0.1, 0.15) is 33.1 Å². The van der Waals surface area contributed by atoms with Gasteiger partial charge in [0.05, 0.1) is 5.92 Å². The van der Waals surface area contributed by atoms with Crippen LogP contribution in [0, 0.1) is 5.92 Å². The maximum Gasteiger partial charge on any atom is 0.320 e. The van der Waals surface area contributed by atoms with Gasteiger partial charge in [-0.05, 0) is 46.7 Å². The largest absolute Gasteiger partial charge is 0.481 e. The second-order valence-electron chi connectivity index (χ2n) is 6.54. The van der Waals surface area contributed by atoms with E-state index in [0.29, 0.717) is 19.4 Å². The Kier molecular flexibility index (Phi) is 5.08. The zero-order valence-electron chi connectivity index (χ0n) is 13.3. The van der Waals surface area contributed by atoms with Crippen molar-refractivity contribution in [2.45, 2.75) is 45.2 Å². The number of likely N-dealkylation sites (tertiary alicyclic amines) is 1. The van der Waals surface area contributed by atoms with E-state index in [0.717, 1.165) is 26.1 Å². The maximum absolute atomic E-state index is 12.8. The van der Waals surface area contributed by atoms with Crippen LogP contribution in [-0.2, 0) is 4.79 Å². The fourth-order valence-corrected chi connectivity index (χ4v) is 3.50. The number of hydrogen-bond acceptors (Lipinski definition) is 3. The molecule has 120 valence electrons. The number of rotatable bonds is 1. The molecule has 6 heteroatoms. The molecule has 0 spiro atoms. The number of carboxylic acids is 1. The van der Waals surface area contributed by atoms with Gasteiger partial charge in [-0.15, -0.1) is 0 Å². The Morgan fingerprint density at radius 2 is 1.71 bits per heavy atom. The molecule has 2 saturated heterocycles. The third-order valence-electron chi connectivity index (χ3n) is 4.76. The van der Waals surface area contributed by atoms with Gasteiger partial charge in [-0.2, -0.15) is 0 Å². The van der Waals surface area contributed by atoms with Crippen molar-refractivity contribution in [3.8, 4) is 0 Å². The molecular formula is C15H27N3O3. The number of nitrogens with zero attached hydrogens (tertiary/aromatic N) is 3. The normalized spacial score (nSPS) is 31.9. The molecule has 6 nitrogen and oxygen atoms in total. The highest BCUT2D eigenvalue weighted by Gasteiger charge is 2.35. The molecule has 3 unspecified atom stereocenters. The number of carbonyl (C=O) groups is 2. The van der Waals surface area contributed by atoms with Gasteiger partial charge in [0.2, 0.25) is 0 Å². The Hall–Kier alpha value is -1.30. The molecule has 0 aromatic rings. The van der Waals surface area contributed by atoms with Crippen LogP contribution in [0.2, 0.25) is 0 Å². The van der Waals surface area contributed by atoms with Crippen LogP contribution in [0.4, 0.5) is 4.79 Å². The number of carboxylic acid groups (broad SMARTS) is 1. The van der Waals surface area contributed by atoms with Crippen molar-refractivity contribution in [1.82, 2.24) is 14.7 Å². The molecule has 2 heterocycles. The summed E-state index contributed by atoms with van der Waals surface area (Å²) >= 11 is 0. The minimum atomic E-state index is -0.737. The summed E-state index contributed by atoms with van der Waals surface area (Å²) < 4.78 is 0. The molecule has 2 rings (SSSR count). The van der Waals surface area contributed by atoms with E-state index in [1.165, 1.54) is 0 Å². The molecule has 0 radical (unpaired) electrons. The van der Waals surface area contributed by atoms with Crippen molar-refractivity contribution >= 4 is 12.0 Å². The molecular weight excluding hydrogens is 270 g/mol. The minimum Gasteiger partial charge on any atom is -0.481 e. The van der Waals surface area contributed by atoms with Gasteiger partial charge < -0.3 is 19.8 Å². The Bertz CT molecular complexity index is 402. The molecule has 0 aromatic heterocycles. The summed E-state index contributed by atoms with van der Waals surface area (Å²) in [6.45, 7) is 7.30. The predicted octanol–water partition coefficient (Wildman–Crippen LogP) is 1.32. The van der Waals surface area contributed by atoms with Gasteiger partial charge in [0.25, 0.3) is 0 Å². The van der Waals surface area contributed by atoms with Gasteiger partial charge in [-0.25, -0.2) is 4.79 Å². The number of aliphatic carboxylic acids is 1. The number of amides is 2. The Balaban J connectivity index is 2.01. The van der Waals surface area contributed by atoms with E-state index in [2.05, 4.69) is 18.9 Å². The van der Waals surface area contributed by atoms with Crippen LogP contribution in [-0.4, -0.2) is 77.1 Å². The smallest absolute Gasteiger partial charge is 0.320 e. The van der Waals surface area contributed by atoms with E-state index in [9.17, 15) is 9.59 Å². The van der Waals surface area contributed by atoms with E-state index in [1.807, 2.05) is 16.7 Å². The highest BCUT2D eigenvalue weighted by molar-refractivity contribution is 5.76. The van der Waals surface area contributed by atoms with Crippen LogP contribution in [0.15, 0.2) is 0 Å². The zero-order chi connectivity index (χ0) is 15.6. The summed E-state index contributed by atoms with van der Waals surface area (Å²) in [6, 6.07) is 0.282. The summed E-state index contributed by atoms with van der Waals surface area (Å²) in [5.74, 6) is -1.05. The Morgan fingerprint density at radius 3 is 2.33 bits per heavy atom. The maximum atomic E-state index is 12.8. The minimum absolute atomic E-state index is 0.000493. The SMILES string of the molecule is CC1CC(C(=O)O)CCN1C(=O)N1CCCN(C)CC1C. The van der Waals surface area contributed by atoms with Crippen molar-refractivity contribution < 1.29 is 14.7 Å². The molecule has 0 aliphatic carbocycles. The number of urea groups is 1. The number of likely N-dealkylation sites (N-methyl/N-ethyl adjacent to an activating group) is 1. The molecule has 0 bridgehead atoms. The molecule has 2 amide bonds. The Morgan fingerprint density at radius 1 is 1.05 bits per heavy atom. The average molecular weight is 297 g/mol. The summed E-state index contributed by atoms with van der Waals surface area (Å²) in [6.07, 6.45) is 2.11. The fourth-order valence-electron chi connectivity index (χ4n) is 3.50. The van der Waals surface area contributed by atoms with E-state index in [4.69, 9.17) is 5.11 Å². The number of carbonyl (C=O) groups excluding carboxylic acids is 1. The van der Waals surface area contributed by atoms with Gasteiger partial charge >= 0.3 is 12.0 Å². The average Bonchev–Trinajstić information content (AvgIpc) is 2.58. The molecule has 2 aliphatic rings. The van der Waals surface area contributed by atoms with Crippen molar-refractivity contribution in [3.63, 3.8) is 0 Å². The summed E-state index contributed by atoms with van der Waals surface area (Å²) in [5, 5.41) is 9.12. The lowest BCUT2D eigenvalue weighted by Crippen LogP contribution is -2.54. The van der Waals surface area contributed by atoms with Crippen LogP contribution in [0.25, 0.3) is 0 Å². The predicted molar refractivity (Wildman–Crippen MR) is 80.2 cm³/mol. The molecule has 2 fully saturated rings. The van der Waals surface area contributed by atoms with E-state index >= 15 is 0 Å². The molecule has 0 aromatic carbocycles. The summed E-state index contributed by atoms with van der Waals surface area (Å²) in [4.78, 5) is 30.0. The van der Waals surface area contributed by atoms with Crippen LogP contribution >= 0.6 is 0 Å². The molecule has 21 heavy (non-hydrogen) atoms. The van der Waals surface area contributed by atoms with Gasteiger partial charge in [0.1, 0.15) is 0 Å². The van der Waals surface area contributed by atoms with Gasteiger partial charge in [-0.1, -0.05) is 0 Å². The van der Waals surface area contributed by atoms with E-state index in [1.54, 1.807) is 0 Å². The summed E-state index contributed by atoms with van der Waals surface area (Å²) in [5.41, 5.74) is 0. The first-order valence-electron chi connectivity index (χ1n) is 7.88. The van der Waals surface area contributed by atoms with E-state index in [-0.39, 0.29) is 24.0 Å². The molecule has 1 N–H and O–H groups in total. The van der Waals surface area contributed by atoms with E-state index < -0.39 is 5.97 Å². The number of piperidine rings is 1. The van der Waals surface area contributed by atoms with Crippen LogP contribution < -0.4 is 0 Å². The first-order valence-corrected chi connectivity index (χ1v) is 7.88. The highest BCUT2D eigenvalue weighted by atomic mass is 16.4. The zero-order valence-corrected chi connectivity index (χ0v) is 13.3. The van der Waals surface area contributed by atoms with Crippen molar-refractivity contribution in [3.05, 3.63) is 0 Å². The third-order valence-corrected chi connectivity index (χ3v) is 4.76. The van der Waals surface area contributed by atoms with Crippen molar-refractivity contribution in [2.75, 3.05) is 33.2 Å². The lowest BCUT2D eigenvalue weighted by atomic mass is 9.92. The van der Waals surface area contributed by atoms with Crippen LogP contribution in [0.3, 0.4) is 0 Å². The molecule has 0 saturated carbocycles. The van der Waals surface area contributed by atoms with Gasteiger partial charge in [0.15, 0.2) is 0 Å². The Labute approximate surface area is 126 Å². The van der Waals surface area contributed by atoms with Crippen molar-refractivity contribution in [2.24, 2.45) is 5.92 Å². The quantitative estimate of drug-likeness (QED) is 0.793. The molecule has 2 aliphatic heterocycles. The second-order valence-corrected chi connectivity index (χ2v) is 6.54. The van der Waals surface area contributed by atoms with Gasteiger partial charge in [0, 0.05) is 31.7 Å². The topological polar surface area (TPSA) is 64.1 Å². The second kappa shape index (κ2) is 6.64. The number of hydrogen-bond donors (Lipinski definition) is 1. The third kappa shape index (κ3) is 3.67. The monoisotopic (exact) mass is 297 g/mol. The first-order chi connectivity index (χ1) is 9.90. The highest BCUT2D eigenvalue weighted by Crippen LogP contribution is 2.25. The fraction of sp³-hybridized carbons (Fsp3) is 0.867. The van der Waals surface area contributed by atoms with Crippen LogP contribution in [0.5, 0.6) is 0 Å². The van der Waals surface area contributed by atoms with Gasteiger partial charge in [-0.3, -0.25) is 4.79 Å². The first kappa shape index (κ1) is 16.1. The standard InChI is InChI=1S/C15H27N3O3/c1-11-9-13(14(19)20)5-8-18(11)15(21)17-7-4-6-16(3)10-12(17)2/h11-13H,4-10H2,1-3H3,(H,19,20).